The normalized spacial score (nSPS) is 22.3. The van der Waals surface area contributed by atoms with Crippen molar-refractivity contribution in [1.82, 2.24) is 14.6 Å². The number of hydrogen-bond acceptors (Lipinski definition) is 11. The first-order valence-electron chi connectivity index (χ1n) is 20.5. The van der Waals surface area contributed by atoms with Crippen LogP contribution < -0.4 is 5.73 Å². The van der Waals surface area contributed by atoms with Crippen LogP contribution in [0.15, 0.2) is 48.8 Å². The van der Waals surface area contributed by atoms with Crippen molar-refractivity contribution < 1.29 is 42.9 Å². The number of phosphoric ester groups is 1. The summed E-state index contributed by atoms with van der Waals surface area (Å²) < 4.78 is 43.6. The Balaban J connectivity index is 1.16. The zero-order valence-electron chi connectivity index (χ0n) is 33.4. The third-order valence-corrected chi connectivity index (χ3v) is 11.5. The van der Waals surface area contributed by atoms with Crippen molar-refractivity contribution in [3.05, 3.63) is 60.0 Å². The molecule has 4 rings (SSSR count). The zero-order chi connectivity index (χ0) is 39.6. The summed E-state index contributed by atoms with van der Waals surface area (Å²) in [6.07, 6.45) is 18.0. The van der Waals surface area contributed by atoms with Crippen molar-refractivity contribution in [2.24, 2.45) is 0 Å². The molecular weight excluding hydrogens is 723 g/mol. The van der Waals surface area contributed by atoms with E-state index in [9.17, 15) is 19.7 Å². The summed E-state index contributed by atoms with van der Waals surface area (Å²) in [6.45, 7) is 5.75. The Kier molecular flexibility index (Phi) is 19.0. The SMILES string of the molecule is CCCCCCCCCCCCCCCCCCOC[C@](C)(COP(=O)(O)OC[C@H]1O[C@@](C)(c2ccc3c(N)ncnn23)[C@H](O)[C@@H]1O)OCc1ccccc1. The summed E-state index contributed by atoms with van der Waals surface area (Å²) in [5.74, 6) is 0.238. The standard InChI is InChI=1S/C41H67N4O9P/c1-4-5-6-7-8-9-10-11-12-13-14-15-16-17-18-22-27-50-30-40(2,51-28-33-23-20-19-21-24-33)31-53-55(48,49)52-29-35-37(46)38(47)41(3,54-35)36-26-25-34-39(42)43-32-44-45(34)36/h19-21,23-26,32,35,37-38,46-47H,4-18,22,27-31H2,1-3H3,(H,48,49)(H2,42,43,44)/t35-,37-,38-,40-,41+/m1/s1. The number of rotatable bonds is 29. The van der Waals surface area contributed by atoms with Gasteiger partial charge < -0.3 is 35.1 Å². The largest absolute Gasteiger partial charge is 0.472 e. The Bertz CT molecular complexity index is 1570. The molecule has 3 heterocycles. The number of nitrogen functional groups attached to an aromatic ring is 1. The maximum atomic E-state index is 13.1. The van der Waals surface area contributed by atoms with Crippen molar-refractivity contribution in [1.29, 1.82) is 0 Å². The van der Waals surface area contributed by atoms with E-state index >= 15 is 0 Å². The van der Waals surface area contributed by atoms with Crippen LogP contribution in [0.4, 0.5) is 5.82 Å². The lowest BCUT2D eigenvalue weighted by Crippen LogP contribution is -2.40. The molecule has 1 saturated heterocycles. The van der Waals surface area contributed by atoms with Gasteiger partial charge in [-0.25, -0.2) is 14.1 Å². The molecule has 55 heavy (non-hydrogen) atoms. The molecule has 13 nitrogen and oxygen atoms in total. The van der Waals surface area contributed by atoms with E-state index < -0.39 is 43.9 Å². The van der Waals surface area contributed by atoms with Gasteiger partial charge in [-0.1, -0.05) is 134 Å². The average molecular weight is 791 g/mol. The number of fused-ring (bicyclic) bond motifs is 1. The molecule has 14 heteroatoms. The van der Waals surface area contributed by atoms with Crippen LogP contribution in [0, 0.1) is 0 Å². The van der Waals surface area contributed by atoms with Crippen LogP contribution in [-0.4, -0.2) is 80.0 Å². The first-order valence-corrected chi connectivity index (χ1v) is 22.0. The molecule has 2 aromatic heterocycles. The van der Waals surface area contributed by atoms with Crippen molar-refractivity contribution in [2.75, 3.05) is 32.2 Å². The fourth-order valence-electron chi connectivity index (χ4n) is 7.08. The summed E-state index contributed by atoms with van der Waals surface area (Å²) in [6, 6.07) is 13.0. The Labute approximate surface area is 327 Å². The van der Waals surface area contributed by atoms with Gasteiger partial charge in [-0.15, -0.1) is 0 Å². The Morgan fingerprint density at radius 3 is 2.09 bits per heavy atom. The van der Waals surface area contributed by atoms with E-state index in [0.717, 1.165) is 18.4 Å². The predicted octanol–water partition coefficient (Wildman–Crippen LogP) is 8.03. The van der Waals surface area contributed by atoms with Gasteiger partial charge >= 0.3 is 7.82 Å². The van der Waals surface area contributed by atoms with Crippen LogP contribution in [0.2, 0.25) is 0 Å². The Morgan fingerprint density at radius 2 is 1.47 bits per heavy atom. The second-order valence-electron chi connectivity index (χ2n) is 15.5. The first-order chi connectivity index (χ1) is 26.5. The van der Waals surface area contributed by atoms with Gasteiger partial charge in [0.2, 0.25) is 0 Å². The lowest BCUT2D eigenvalue weighted by atomic mass is 9.93. The number of aliphatic hydroxyl groups is 2. The predicted molar refractivity (Wildman–Crippen MR) is 213 cm³/mol. The minimum absolute atomic E-state index is 0.146. The second-order valence-corrected chi connectivity index (χ2v) is 16.9. The number of aliphatic hydroxyl groups excluding tert-OH is 2. The average Bonchev–Trinajstić information content (AvgIpc) is 3.72. The Hall–Kier alpha value is -2.45. The van der Waals surface area contributed by atoms with Crippen LogP contribution in [0.5, 0.6) is 0 Å². The number of benzene rings is 1. The lowest BCUT2D eigenvalue weighted by molar-refractivity contribution is -0.120. The van der Waals surface area contributed by atoms with Crippen LogP contribution >= 0.6 is 7.82 Å². The molecule has 1 fully saturated rings. The first kappa shape index (κ1) is 45.3. The molecule has 1 aromatic carbocycles. The highest BCUT2D eigenvalue weighted by molar-refractivity contribution is 7.47. The minimum atomic E-state index is -4.66. The van der Waals surface area contributed by atoms with Gasteiger partial charge in [0.25, 0.3) is 0 Å². The highest BCUT2D eigenvalue weighted by Crippen LogP contribution is 2.47. The maximum Gasteiger partial charge on any atom is 0.472 e. The van der Waals surface area contributed by atoms with Crippen LogP contribution in [0.25, 0.3) is 5.52 Å². The van der Waals surface area contributed by atoms with E-state index in [1.807, 2.05) is 30.3 Å². The summed E-state index contributed by atoms with van der Waals surface area (Å²) in [4.78, 5) is 14.6. The molecule has 1 unspecified atom stereocenters. The quantitative estimate of drug-likeness (QED) is 0.0393. The van der Waals surface area contributed by atoms with Crippen LogP contribution in [-0.2, 0) is 40.0 Å². The number of ether oxygens (including phenoxy) is 3. The molecule has 5 N–H and O–H groups in total. The molecular formula is C41H67N4O9P. The highest BCUT2D eigenvalue weighted by atomic mass is 31.2. The molecule has 3 aromatic rings. The van der Waals surface area contributed by atoms with Crippen LogP contribution in [0.1, 0.15) is 135 Å². The van der Waals surface area contributed by atoms with Gasteiger partial charge in [0.1, 0.15) is 41.4 Å². The second kappa shape index (κ2) is 23.1. The number of anilines is 1. The molecule has 310 valence electrons. The molecule has 1 aliphatic heterocycles. The molecule has 0 radical (unpaired) electrons. The topological polar surface area (TPSA) is 180 Å². The van der Waals surface area contributed by atoms with E-state index in [1.165, 1.54) is 101 Å². The van der Waals surface area contributed by atoms with E-state index in [4.69, 9.17) is 29.0 Å². The van der Waals surface area contributed by atoms with E-state index in [-0.39, 0.29) is 25.6 Å². The van der Waals surface area contributed by atoms with Gasteiger partial charge in [0.15, 0.2) is 5.82 Å². The van der Waals surface area contributed by atoms with Crippen molar-refractivity contribution in [3.63, 3.8) is 0 Å². The van der Waals surface area contributed by atoms with Crippen molar-refractivity contribution in [2.45, 2.75) is 160 Å². The zero-order valence-corrected chi connectivity index (χ0v) is 34.3. The lowest BCUT2D eigenvalue weighted by Gasteiger charge is -2.30. The number of unbranched alkanes of at least 4 members (excludes halogenated alkanes) is 15. The summed E-state index contributed by atoms with van der Waals surface area (Å²) >= 11 is 0. The van der Waals surface area contributed by atoms with Gasteiger partial charge in [-0.2, -0.15) is 5.10 Å². The third kappa shape index (κ3) is 14.5. The fourth-order valence-corrected chi connectivity index (χ4v) is 7.92. The Morgan fingerprint density at radius 1 is 0.873 bits per heavy atom. The number of aromatic nitrogens is 3. The number of nitrogens with two attached hydrogens (primary N) is 1. The fraction of sp³-hybridized carbons (Fsp3) is 0.707. The maximum absolute atomic E-state index is 13.1. The molecule has 6 atom stereocenters. The minimum Gasteiger partial charge on any atom is -0.387 e. The van der Waals surface area contributed by atoms with Gasteiger partial charge in [-0.3, -0.25) is 9.05 Å². The molecule has 0 aliphatic carbocycles. The third-order valence-electron chi connectivity index (χ3n) is 10.6. The molecule has 0 spiro atoms. The summed E-state index contributed by atoms with van der Waals surface area (Å²) in [7, 11) is -4.66. The number of hydrogen-bond donors (Lipinski definition) is 4. The number of nitrogens with zero attached hydrogens (tertiary/aromatic N) is 3. The van der Waals surface area contributed by atoms with E-state index in [1.54, 1.807) is 26.0 Å². The van der Waals surface area contributed by atoms with Gasteiger partial charge in [-0.05, 0) is 38.0 Å². The monoisotopic (exact) mass is 790 g/mol. The van der Waals surface area contributed by atoms with E-state index in [0.29, 0.717) is 17.8 Å². The summed E-state index contributed by atoms with van der Waals surface area (Å²) in [5.41, 5.74) is 5.32. The highest BCUT2D eigenvalue weighted by Gasteiger charge is 2.54. The molecule has 1 aliphatic rings. The van der Waals surface area contributed by atoms with E-state index in [2.05, 4.69) is 17.0 Å². The van der Waals surface area contributed by atoms with Crippen LogP contribution in [0.3, 0.4) is 0 Å². The molecule has 0 amide bonds. The van der Waals surface area contributed by atoms with Gasteiger partial charge in [0.05, 0.1) is 32.1 Å². The molecule has 0 bridgehead atoms. The van der Waals surface area contributed by atoms with Gasteiger partial charge in [0, 0.05) is 6.61 Å². The van der Waals surface area contributed by atoms with Crippen molar-refractivity contribution in [3.8, 4) is 0 Å². The summed E-state index contributed by atoms with van der Waals surface area (Å²) in [5, 5.41) is 26.1. The van der Waals surface area contributed by atoms with Crippen molar-refractivity contribution >= 4 is 19.2 Å². The smallest absolute Gasteiger partial charge is 0.387 e. The molecule has 0 saturated carbocycles. The number of phosphoric acid groups is 1.